The van der Waals surface area contributed by atoms with E-state index in [1.807, 2.05) is 6.92 Å². The first-order valence-electron chi connectivity index (χ1n) is 9.92. The molecule has 1 aromatic carbocycles. The molecule has 1 fully saturated rings. The predicted molar refractivity (Wildman–Crippen MR) is 128 cm³/mol. The fraction of sp³-hybridized carbons (Fsp3) is 0.650. The SMILES string of the molecule is CCNC(=NCc1cc(F)ccc1CS(C)(=O)=O)NCCC1CCN(C)CC1.I. The van der Waals surface area contributed by atoms with Gasteiger partial charge in [0.1, 0.15) is 5.82 Å². The molecule has 0 atom stereocenters. The summed E-state index contributed by atoms with van der Waals surface area (Å²) >= 11 is 0. The van der Waals surface area contributed by atoms with E-state index in [9.17, 15) is 12.8 Å². The van der Waals surface area contributed by atoms with Gasteiger partial charge in [0.25, 0.3) is 0 Å². The zero-order valence-electron chi connectivity index (χ0n) is 17.6. The normalized spacial score (nSPS) is 16.3. The van der Waals surface area contributed by atoms with Gasteiger partial charge in [-0.15, -0.1) is 24.0 Å². The molecule has 2 N–H and O–H groups in total. The van der Waals surface area contributed by atoms with Crippen LogP contribution in [-0.4, -0.2) is 58.8 Å². The van der Waals surface area contributed by atoms with E-state index in [0.717, 1.165) is 38.5 Å². The molecule has 6 nitrogen and oxygen atoms in total. The molecule has 1 aliphatic heterocycles. The van der Waals surface area contributed by atoms with E-state index in [-0.39, 0.29) is 42.1 Å². The Kier molecular flexibility index (Phi) is 11.4. The molecule has 2 rings (SSSR count). The van der Waals surface area contributed by atoms with Gasteiger partial charge in [-0.05, 0) is 75.5 Å². The molecule has 1 heterocycles. The Balaban J connectivity index is 0.00000420. The van der Waals surface area contributed by atoms with Crippen molar-refractivity contribution in [3.8, 4) is 0 Å². The number of guanidine groups is 1. The highest BCUT2D eigenvalue weighted by Gasteiger charge is 2.16. The Labute approximate surface area is 191 Å². The van der Waals surface area contributed by atoms with Gasteiger partial charge in [0.15, 0.2) is 15.8 Å². The van der Waals surface area contributed by atoms with E-state index in [2.05, 4.69) is 27.6 Å². The van der Waals surface area contributed by atoms with Crippen molar-refractivity contribution in [2.75, 3.05) is 39.5 Å². The first kappa shape index (κ1) is 26.1. The van der Waals surface area contributed by atoms with Crippen LogP contribution in [0.15, 0.2) is 23.2 Å². The summed E-state index contributed by atoms with van der Waals surface area (Å²) in [5, 5.41) is 6.54. The van der Waals surface area contributed by atoms with Crippen LogP contribution in [-0.2, 0) is 22.1 Å². The van der Waals surface area contributed by atoms with Crippen LogP contribution in [0, 0.1) is 11.7 Å². The lowest BCUT2D eigenvalue weighted by Crippen LogP contribution is -2.39. The Morgan fingerprint density at radius 1 is 1.24 bits per heavy atom. The van der Waals surface area contributed by atoms with Crippen LogP contribution >= 0.6 is 24.0 Å². The number of nitrogens with one attached hydrogen (secondary N) is 2. The number of hydrogen-bond donors (Lipinski definition) is 2. The first-order valence-corrected chi connectivity index (χ1v) is 12.0. The van der Waals surface area contributed by atoms with Crippen molar-refractivity contribution >= 4 is 39.8 Å². The van der Waals surface area contributed by atoms with E-state index in [4.69, 9.17) is 0 Å². The van der Waals surface area contributed by atoms with Gasteiger partial charge in [-0.25, -0.2) is 17.8 Å². The molecule has 0 aliphatic carbocycles. The summed E-state index contributed by atoms with van der Waals surface area (Å²) in [5.41, 5.74) is 1.19. The van der Waals surface area contributed by atoms with E-state index in [1.165, 1.54) is 37.3 Å². The average molecular weight is 540 g/mol. The Hall–Kier alpha value is -0.940. The summed E-state index contributed by atoms with van der Waals surface area (Å²) in [6.45, 7) is 6.08. The molecule has 0 bridgehead atoms. The number of piperidine rings is 1. The molecule has 166 valence electrons. The number of nitrogens with zero attached hydrogens (tertiary/aromatic N) is 2. The average Bonchev–Trinajstić information content (AvgIpc) is 2.62. The second kappa shape index (κ2) is 12.7. The summed E-state index contributed by atoms with van der Waals surface area (Å²) in [7, 11) is -1.04. The molecule has 0 saturated carbocycles. The maximum Gasteiger partial charge on any atom is 0.191 e. The highest BCUT2D eigenvalue weighted by molar-refractivity contribution is 14.0. The molecule has 29 heavy (non-hydrogen) atoms. The summed E-state index contributed by atoms with van der Waals surface area (Å²) in [6.07, 6.45) is 4.73. The summed E-state index contributed by atoms with van der Waals surface area (Å²) in [4.78, 5) is 6.90. The fourth-order valence-electron chi connectivity index (χ4n) is 3.42. The third-order valence-electron chi connectivity index (χ3n) is 5.02. The molecule has 0 unspecified atom stereocenters. The maximum atomic E-state index is 13.7. The van der Waals surface area contributed by atoms with Gasteiger partial charge in [-0.3, -0.25) is 0 Å². The molecular weight excluding hydrogens is 506 g/mol. The zero-order chi connectivity index (χ0) is 20.6. The maximum absolute atomic E-state index is 13.7. The van der Waals surface area contributed by atoms with Crippen LogP contribution in [0.5, 0.6) is 0 Å². The van der Waals surface area contributed by atoms with Crippen molar-refractivity contribution in [2.24, 2.45) is 10.9 Å². The number of hydrogen-bond acceptors (Lipinski definition) is 4. The van der Waals surface area contributed by atoms with Crippen LogP contribution in [0.1, 0.15) is 37.3 Å². The van der Waals surface area contributed by atoms with Crippen molar-refractivity contribution < 1.29 is 12.8 Å². The predicted octanol–water partition coefficient (Wildman–Crippen LogP) is 2.78. The van der Waals surface area contributed by atoms with Gasteiger partial charge in [-0.2, -0.15) is 0 Å². The summed E-state index contributed by atoms with van der Waals surface area (Å²) in [5.74, 6) is 0.905. The van der Waals surface area contributed by atoms with E-state index < -0.39 is 9.84 Å². The van der Waals surface area contributed by atoms with Gasteiger partial charge in [0.05, 0.1) is 12.3 Å². The second-order valence-corrected chi connectivity index (χ2v) is 9.78. The summed E-state index contributed by atoms with van der Waals surface area (Å²) < 4.78 is 36.9. The smallest absolute Gasteiger partial charge is 0.191 e. The Bertz CT molecular complexity index is 766. The highest BCUT2D eigenvalue weighted by Crippen LogP contribution is 2.19. The van der Waals surface area contributed by atoms with E-state index >= 15 is 0 Å². The van der Waals surface area contributed by atoms with Crippen LogP contribution in [0.4, 0.5) is 4.39 Å². The standard InChI is InChI=1S/C20H33FN4O2S.HI/c1-4-22-20(23-10-7-16-8-11-25(2)12-9-16)24-14-18-13-19(21)6-5-17(18)15-28(3,26)27;/h5-6,13,16H,4,7-12,14-15H2,1-3H3,(H2,22,23,24);1H. The van der Waals surface area contributed by atoms with Crippen molar-refractivity contribution in [1.82, 2.24) is 15.5 Å². The van der Waals surface area contributed by atoms with Crippen molar-refractivity contribution in [3.63, 3.8) is 0 Å². The molecule has 0 amide bonds. The number of sulfone groups is 1. The van der Waals surface area contributed by atoms with Gasteiger partial charge in [0, 0.05) is 19.3 Å². The van der Waals surface area contributed by atoms with Crippen LogP contribution < -0.4 is 10.6 Å². The summed E-state index contributed by atoms with van der Waals surface area (Å²) in [6, 6.07) is 4.19. The zero-order valence-corrected chi connectivity index (χ0v) is 20.7. The minimum Gasteiger partial charge on any atom is -0.357 e. The monoisotopic (exact) mass is 540 g/mol. The third kappa shape index (κ3) is 10.1. The lowest BCUT2D eigenvalue weighted by Gasteiger charge is -2.29. The molecule has 0 spiro atoms. The van der Waals surface area contributed by atoms with Crippen LogP contribution in [0.25, 0.3) is 0 Å². The minimum absolute atomic E-state index is 0. The molecular formula is C20H34FIN4O2S. The van der Waals surface area contributed by atoms with Crippen molar-refractivity contribution in [1.29, 1.82) is 0 Å². The number of likely N-dealkylation sites (tertiary alicyclic amines) is 1. The quantitative estimate of drug-likeness (QED) is 0.302. The van der Waals surface area contributed by atoms with E-state index in [1.54, 1.807) is 0 Å². The van der Waals surface area contributed by atoms with Gasteiger partial charge in [-0.1, -0.05) is 6.07 Å². The highest BCUT2D eigenvalue weighted by atomic mass is 127. The largest absolute Gasteiger partial charge is 0.357 e. The van der Waals surface area contributed by atoms with Gasteiger partial charge in [0.2, 0.25) is 0 Å². The molecule has 1 aromatic rings. The lowest BCUT2D eigenvalue weighted by molar-refractivity contribution is 0.213. The molecule has 1 aliphatic rings. The molecule has 0 radical (unpaired) electrons. The van der Waals surface area contributed by atoms with Crippen LogP contribution in [0.3, 0.4) is 0 Å². The van der Waals surface area contributed by atoms with Gasteiger partial charge >= 0.3 is 0 Å². The third-order valence-corrected chi connectivity index (χ3v) is 5.86. The lowest BCUT2D eigenvalue weighted by atomic mass is 9.94. The first-order chi connectivity index (χ1) is 13.3. The Morgan fingerprint density at radius 3 is 2.55 bits per heavy atom. The number of aliphatic imine (C=N–C) groups is 1. The van der Waals surface area contributed by atoms with Crippen molar-refractivity contribution in [2.45, 2.75) is 38.5 Å². The van der Waals surface area contributed by atoms with Gasteiger partial charge < -0.3 is 15.5 Å². The molecule has 1 saturated heterocycles. The van der Waals surface area contributed by atoms with E-state index in [0.29, 0.717) is 17.1 Å². The molecule has 0 aromatic heterocycles. The van der Waals surface area contributed by atoms with Crippen molar-refractivity contribution in [3.05, 3.63) is 35.1 Å². The Morgan fingerprint density at radius 2 is 1.93 bits per heavy atom. The minimum atomic E-state index is -3.20. The van der Waals surface area contributed by atoms with Crippen LogP contribution in [0.2, 0.25) is 0 Å². The second-order valence-electron chi connectivity index (χ2n) is 7.64. The topological polar surface area (TPSA) is 73.8 Å². The number of halogens is 2. The number of benzene rings is 1. The fourth-order valence-corrected chi connectivity index (χ4v) is 4.26. The number of rotatable bonds is 8. The molecule has 9 heteroatoms.